The first-order chi connectivity index (χ1) is 29.1. The Bertz CT molecular complexity index is 3270. The average Bonchev–Trinajstić information content (AvgIpc) is 3.77. The van der Waals surface area contributed by atoms with E-state index in [4.69, 9.17) is 8.83 Å². The summed E-state index contributed by atoms with van der Waals surface area (Å²) < 4.78 is 13.2. The highest BCUT2D eigenvalue weighted by molar-refractivity contribution is 6.18. The Morgan fingerprint density at radius 3 is 1.03 bits per heavy atom. The Morgan fingerprint density at radius 1 is 0.267 bits per heavy atom. The quantitative estimate of drug-likeness (QED) is 0.168. The first-order valence-electron chi connectivity index (χ1n) is 20.7. The van der Waals surface area contributed by atoms with E-state index in [1.54, 1.807) is 0 Å². The highest BCUT2D eigenvalue weighted by Crippen LogP contribution is 2.43. The van der Waals surface area contributed by atoms with Gasteiger partial charge < -0.3 is 18.6 Å². The Hall–Kier alpha value is -7.30. The fraction of sp³-hybridized carbons (Fsp3) is 0.107. The fourth-order valence-electron chi connectivity index (χ4n) is 8.80. The molecule has 0 atom stereocenters. The molecule has 2 heterocycles. The number of hydrogen-bond donors (Lipinski definition) is 0. The van der Waals surface area contributed by atoms with Crippen LogP contribution in [-0.4, -0.2) is 0 Å². The lowest BCUT2D eigenvalue weighted by Gasteiger charge is -2.26. The lowest BCUT2D eigenvalue weighted by molar-refractivity contribution is 0.656. The summed E-state index contributed by atoms with van der Waals surface area (Å²) in [4.78, 5) is 4.67. The Kier molecular flexibility index (Phi) is 8.15. The van der Waals surface area contributed by atoms with Crippen molar-refractivity contribution in [3.8, 4) is 0 Å². The molecular formula is C56H44N2O2. The zero-order chi connectivity index (χ0) is 40.8. The van der Waals surface area contributed by atoms with Crippen molar-refractivity contribution in [1.29, 1.82) is 0 Å². The van der Waals surface area contributed by atoms with Crippen molar-refractivity contribution in [1.82, 2.24) is 0 Å². The maximum absolute atomic E-state index is 6.62. The van der Waals surface area contributed by atoms with Crippen molar-refractivity contribution in [2.45, 2.75) is 41.5 Å². The average molecular weight is 777 g/mol. The molecule has 0 amide bonds. The SMILES string of the molecule is Cc1ccc(N(c2ccc(C)c(C)c2)c2ccc3cc4c(cc3c2)oc2cc3oc5cc6cc(N(c7ccc(C)cc7)c7ccc(C)c(C)c7)ccc6cc5c3cc24)cc1. The summed E-state index contributed by atoms with van der Waals surface area (Å²) in [5.74, 6) is 0. The van der Waals surface area contributed by atoms with Crippen molar-refractivity contribution in [3.63, 3.8) is 0 Å². The van der Waals surface area contributed by atoms with Crippen molar-refractivity contribution in [2.24, 2.45) is 0 Å². The standard InChI is InChI=1S/C56H44N2O2/c1-33-7-15-43(16-8-33)57(45-19-11-35(3)37(5)23-45)47-21-13-39-27-49-51-31-52-50-28-40-14-22-48(58(44-17-9-34(2)10-18-44)46-20-12-36(4)38(6)24-46)26-42(40)30-54(50)60-56(52)32-55(51)59-53(49)29-41(39)25-47/h7-32H,1-6H3. The van der Waals surface area contributed by atoms with Crippen LogP contribution in [0.25, 0.3) is 65.4 Å². The van der Waals surface area contributed by atoms with Crippen LogP contribution in [0.3, 0.4) is 0 Å². The molecule has 0 fully saturated rings. The molecule has 0 aliphatic rings. The van der Waals surface area contributed by atoms with Gasteiger partial charge in [0.25, 0.3) is 0 Å². The van der Waals surface area contributed by atoms with Crippen LogP contribution in [0.2, 0.25) is 0 Å². The molecule has 9 aromatic carbocycles. The second-order valence-corrected chi connectivity index (χ2v) is 16.7. The van der Waals surface area contributed by atoms with E-state index in [-0.39, 0.29) is 0 Å². The first-order valence-corrected chi connectivity index (χ1v) is 20.7. The molecule has 0 radical (unpaired) electrons. The van der Waals surface area contributed by atoms with Gasteiger partial charge in [-0.2, -0.15) is 0 Å². The number of benzene rings is 9. The molecule has 0 bridgehead atoms. The maximum Gasteiger partial charge on any atom is 0.139 e. The molecule has 11 aromatic rings. The molecule has 290 valence electrons. The van der Waals surface area contributed by atoms with E-state index in [2.05, 4.69) is 209 Å². The van der Waals surface area contributed by atoms with E-state index >= 15 is 0 Å². The van der Waals surface area contributed by atoms with Crippen molar-refractivity contribution in [2.75, 3.05) is 9.80 Å². The third-order valence-corrected chi connectivity index (χ3v) is 12.5. The maximum atomic E-state index is 6.62. The molecule has 0 saturated carbocycles. The summed E-state index contributed by atoms with van der Waals surface area (Å²) in [5.41, 5.74) is 17.6. The van der Waals surface area contributed by atoms with Gasteiger partial charge in [-0.15, -0.1) is 0 Å². The van der Waals surface area contributed by atoms with Gasteiger partial charge >= 0.3 is 0 Å². The summed E-state index contributed by atoms with van der Waals surface area (Å²) >= 11 is 0. The number of rotatable bonds is 6. The predicted molar refractivity (Wildman–Crippen MR) is 254 cm³/mol. The zero-order valence-corrected chi connectivity index (χ0v) is 34.7. The first kappa shape index (κ1) is 35.8. The van der Waals surface area contributed by atoms with E-state index < -0.39 is 0 Å². The van der Waals surface area contributed by atoms with Crippen LogP contribution in [-0.2, 0) is 0 Å². The summed E-state index contributed by atoms with van der Waals surface area (Å²) in [5, 5.41) is 8.94. The van der Waals surface area contributed by atoms with Gasteiger partial charge in [-0.05, 0) is 188 Å². The zero-order valence-electron chi connectivity index (χ0n) is 34.7. The summed E-state index contributed by atoms with van der Waals surface area (Å²) in [6.07, 6.45) is 0. The molecule has 0 saturated heterocycles. The Labute approximate surface area is 349 Å². The smallest absolute Gasteiger partial charge is 0.139 e. The van der Waals surface area contributed by atoms with Gasteiger partial charge in [0.1, 0.15) is 22.3 Å². The van der Waals surface area contributed by atoms with Crippen LogP contribution in [0.5, 0.6) is 0 Å². The minimum Gasteiger partial charge on any atom is -0.456 e. The third-order valence-electron chi connectivity index (χ3n) is 12.5. The summed E-state index contributed by atoms with van der Waals surface area (Å²) in [6.45, 7) is 12.9. The molecule has 0 aliphatic heterocycles. The number of nitrogens with zero attached hydrogens (tertiary/aromatic N) is 2. The van der Waals surface area contributed by atoms with Gasteiger partial charge in [0.05, 0.1) is 0 Å². The van der Waals surface area contributed by atoms with Gasteiger partial charge in [-0.3, -0.25) is 0 Å². The molecule has 0 spiro atoms. The normalized spacial score (nSPS) is 11.8. The number of aryl methyl sites for hydroxylation is 6. The molecule has 11 rings (SSSR count). The number of anilines is 6. The van der Waals surface area contributed by atoms with E-state index in [1.165, 1.54) is 33.4 Å². The molecule has 4 nitrogen and oxygen atoms in total. The predicted octanol–water partition coefficient (Wildman–Crippen LogP) is 16.6. The number of hydrogen-bond acceptors (Lipinski definition) is 4. The largest absolute Gasteiger partial charge is 0.456 e. The van der Waals surface area contributed by atoms with Gasteiger partial charge in [-0.25, -0.2) is 0 Å². The van der Waals surface area contributed by atoms with Gasteiger partial charge in [0, 0.05) is 61.7 Å². The minimum absolute atomic E-state index is 0.817. The molecule has 0 aliphatic carbocycles. The third kappa shape index (κ3) is 5.98. The van der Waals surface area contributed by atoms with Crippen molar-refractivity contribution >= 4 is 99.5 Å². The minimum atomic E-state index is 0.817. The topological polar surface area (TPSA) is 32.8 Å². The van der Waals surface area contributed by atoms with Crippen LogP contribution >= 0.6 is 0 Å². The van der Waals surface area contributed by atoms with Crippen LogP contribution in [0.1, 0.15) is 33.4 Å². The molecule has 2 aromatic heterocycles. The summed E-state index contributed by atoms with van der Waals surface area (Å²) in [7, 11) is 0. The molecule has 0 unspecified atom stereocenters. The van der Waals surface area contributed by atoms with E-state index in [9.17, 15) is 0 Å². The van der Waals surface area contributed by atoms with E-state index in [0.29, 0.717) is 0 Å². The van der Waals surface area contributed by atoms with Crippen molar-refractivity contribution in [3.05, 3.63) is 191 Å². The fourth-order valence-corrected chi connectivity index (χ4v) is 8.80. The van der Waals surface area contributed by atoms with E-state index in [1.807, 2.05) is 0 Å². The second-order valence-electron chi connectivity index (χ2n) is 16.7. The Morgan fingerprint density at radius 2 is 0.617 bits per heavy atom. The highest BCUT2D eigenvalue weighted by Gasteiger charge is 2.19. The molecule has 4 heteroatoms. The number of fused-ring (bicyclic) bond motifs is 8. The lowest BCUT2D eigenvalue weighted by Crippen LogP contribution is -2.10. The van der Waals surface area contributed by atoms with Crippen LogP contribution < -0.4 is 9.80 Å². The van der Waals surface area contributed by atoms with Crippen LogP contribution in [0.15, 0.2) is 167 Å². The van der Waals surface area contributed by atoms with Crippen LogP contribution in [0.4, 0.5) is 34.1 Å². The van der Waals surface area contributed by atoms with Gasteiger partial charge in [-0.1, -0.05) is 59.7 Å². The monoisotopic (exact) mass is 776 g/mol. The van der Waals surface area contributed by atoms with Gasteiger partial charge in [0.15, 0.2) is 0 Å². The van der Waals surface area contributed by atoms with Gasteiger partial charge in [0.2, 0.25) is 0 Å². The molecule has 60 heavy (non-hydrogen) atoms. The molecular weight excluding hydrogens is 733 g/mol. The lowest BCUT2D eigenvalue weighted by atomic mass is 10.0. The summed E-state index contributed by atoms with van der Waals surface area (Å²) in [6, 6.07) is 57.6. The highest BCUT2D eigenvalue weighted by atomic mass is 16.3. The molecule has 0 N–H and O–H groups in total. The van der Waals surface area contributed by atoms with E-state index in [0.717, 1.165) is 99.5 Å². The Balaban J connectivity index is 1.00. The number of furan rings is 2. The van der Waals surface area contributed by atoms with Crippen LogP contribution in [0, 0.1) is 41.5 Å². The van der Waals surface area contributed by atoms with Crippen molar-refractivity contribution < 1.29 is 8.83 Å². The second kappa shape index (κ2) is 13.6.